The van der Waals surface area contributed by atoms with Crippen LogP contribution in [0.15, 0.2) is 54.6 Å². The first-order valence-corrected chi connectivity index (χ1v) is 5.57. The Bertz CT molecular complexity index is 683. The number of rotatable bonds is 2. The third-order valence-corrected chi connectivity index (χ3v) is 2.55. The van der Waals surface area contributed by atoms with E-state index in [1.807, 2.05) is 30.3 Å². The van der Waals surface area contributed by atoms with E-state index in [4.69, 9.17) is 0 Å². The van der Waals surface area contributed by atoms with Crippen LogP contribution < -0.4 is 5.32 Å². The van der Waals surface area contributed by atoms with Gasteiger partial charge in [0.1, 0.15) is 5.82 Å². The Morgan fingerprint density at radius 1 is 0.778 bits per heavy atom. The van der Waals surface area contributed by atoms with Crippen molar-refractivity contribution >= 4 is 22.5 Å². The zero-order valence-electron chi connectivity index (χ0n) is 9.47. The lowest BCUT2D eigenvalue weighted by Crippen LogP contribution is -1.94. The second kappa shape index (κ2) is 4.41. The van der Waals surface area contributed by atoms with Gasteiger partial charge in [-0.05, 0) is 36.4 Å². The number of nitrogens with one attached hydrogen (secondary N) is 1. The van der Waals surface area contributed by atoms with Gasteiger partial charge in [0.15, 0.2) is 0 Å². The Hall–Kier alpha value is -2.49. The van der Waals surface area contributed by atoms with E-state index in [0.717, 1.165) is 5.69 Å². The highest BCUT2D eigenvalue weighted by molar-refractivity contribution is 5.76. The summed E-state index contributed by atoms with van der Waals surface area (Å²) in [5, 5.41) is 3.18. The van der Waals surface area contributed by atoms with E-state index < -0.39 is 5.95 Å². The van der Waals surface area contributed by atoms with Crippen molar-refractivity contribution in [3.8, 4) is 0 Å². The summed E-state index contributed by atoms with van der Waals surface area (Å²) >= 11 is 0. The largest absolute Gasteiger partial charge is 0.340 e. The lowest BCUT2D eigenvalue weighted by atomic mass is 10.3. The topological polar surface area (TPSA) is 37.8 Å². The van der Waals surface area contributed by atoms with Crippen molar-refractivity contribution in [2.24, 2.45) is 0 Å². The van der Waals surface area contributed by atoms with Crippen molar-refractivity contribution in [3.63, 3.8) is 0 Å². The van der Waals surface area contributed by atoms with Crippen molar-refractivity contribution in [3.05, 3.63) is 60.5 Å². The molecule has 0 bridgehead atoms. The van der Waals surface area contributed by atoms with Crippen molar-refractivity contribution in [1.29, 1.82) is 0 Å². The van der Waals surface area contributed by atoms with Gasteiger partial charge >= 0.3 is 0 Å². The average Bonchev–Trinajstić information content (AvgIpc) is 2.40. The van der Waals surface area contributed by atoms with Gasteiger partial charge in [0, 0.05) is 5.69 Å². The van der Waals surface area contributed by atoms with Crippen molar-refractivity contribution < 1.29 is 4.39 Å². The fourth-order valence-electron chi connectivity index (χ4n) is 1.72. The van der Waals surface area contributed by atoms with Crippen LogP contribution >= 0.6 is 0 Å². The highest BCUT2D eigenvalue weighted by Crippen LogP contribution is 2.17. The van der Waals surface area contributed by atoms with Crippen LogP contribution in [0.3, 0.4) is 0 Å². The van der Waals surface area contributed by atoms with Gasteiger partial charge in [0.2, 0.25) is 5.95 Å². The molecule has 88 valence electrons. The quantitative estimate of drug-likeness (QED) is 0.695. The van der Waals surface area contributed by atoms with Gasteiger partial charge in [-0.2, -0.15) is 4.39 Å². The molecule has 4 heteroatoms. The fourth-order valence-corrected chi connectivity index (χ4v) is 1.72. The molecule has 0 amide bonds. The minimum absolute atomic E-state index is 0.493. The molecule has 0 unspecified atom stereocenters. The molecule has 0 saturated heterocycles. The molecule has 18 heavy (non-hydrogen) atoms. The molecule has 0 aliphatic carbocycles. The molecule has 2 aromatic heterocycles. The van der Waals surface area contributed by atoms with E-state index in [-0.39, 0.29) is 0 Å². The fraction of sp³-hybridized carbons (Fsp3) is 0. The SMILES string of the molecule is Fc1ccc2nc(Nc3ccccc3)ccc2n1. The average molecular weight is 239 g/mol. The van der Waals surface area contributed by atoms with Crippen LogP contribution in [0.5, 0.6) is 0 Å². The number of pyridine rings is 2. The summed E-state index contributed by atoms with van der Waals surface area (Å²) in [6.45, 7) is 0. The number of hydrogen-bond donors (Lipinski definition) is 1. The van der Waals surface area contributed by atoms with Crippen LogP contribution in [0.4, 0.5) is 15.9 Å². The summed E-state index contributed by atoms with van der Waals surface area (Å²) in [4.78, 5) is 8.14. The van der Waals surface area contributed by atoms with E-state index >= 15 is 0 Å². The van der Waals surface area contributed by atoms with Gasteiger partial charge in [0.25, 0.3) is 0 Å². The van der Waals surface area contributed by atoms with Crippen molar-refractivity contribution in [2.75, 3.05) is 5.32 Å². The molecule has 3 aromatic rings. The summed E-state index contributed by atoms with van der Waals surface area (Å²) < 4.78 is 12.9. The second-order valence-corrected chi connectivity index (χ2v) is 3.86. The van der Waals surface area contributed by atoms with Crippen LogP contribution in [-0.4, -0.2) is 9.97 Å². The molecule has 3 nitrogen and oxygen atoms in total. The third kappa shape index (κ3) is 2.13. The Morgan fingerprint density at radius 3 is 2.33 bits per heavy atom. The molecule has 1 aromatic carbocycles. The van der Waals surface area contributed by atoms with Crippen LogP contribution in [0.2, 0.25) is 0 Å². The number of nitrogens with zero attached hydrogens (tertiary/aromatic N) is 2. The van der Waals surface area contributed by atoms with Gasteiger partial charge < -0.3 is 5.32 Å². The van der Waals surface area contributed by atoms with Gasteiger partial charge in [-0.3, -0.25) is 0 Å². The summed E-state index contributed by atoms with van der Waals surface area (Å²) in [6.07, 6.45) is 0. The zero-order valence-corrected chi connectivity index (χ0v) is 9.47. The minimum Gasteiger partial charge on any atom is -0.340 e. The van der Waals surface area contributed by atoms with Gasteiger partial charge in [-0.1, -0.05) is 18.2 Å². The third-order valence-electron chi connectivity index (χ3n) is 2.55. The van der Waals surface area contributed by atoms with E-state index in [1.54, 1.807) is 18.2 Å². The maximum absolute atomic E-state index is 12.9. The molecule has 0 atom stereocenters. The Labute approximate surface area is 103 Å². The van der Waals surface area contributed by atoms with Crippen LogP contribution in [0.25, 0.3) is 11.0 Å². The molecule has 0 aliphatic heterocycles. The maximum atomic E-state index is 12.9. The normalized spacial score (nSPS) is 10.5. The predicted molar refractivity (Wildman–Crippen MR) is 69.2 cm³/mol. The predicted octanol–water partition coefficient (Wildman–Crippen LogP) is 3.51. The highest BCUT2D eigenvalue weighted by atomic mass is 19.1. The first-order chi connectivity index (χ1) is 8.81. The number of fused-ring (bicyclic) bond motifs is 1. The molecule has 2 heterocycles. The smallest absolute Gasteiger partial charge is 0.213 e. The molecule has 3 rings (SSSR count). The first kappa shape index (κ1) is 10.7. The molecule has 1 N–H and O–H groups in total. The number of anilines is 2. The lowest BCUT2D eigenvalue weighted by Gasteiger charge is -2.06. The second-order valence-electron chi connectivity index (χ2n) is 3.86. The summed E-state index contributed by atoms with van der Waals surface area (Å²) in [5.41, 5.74) is 2.17. The first-order valence-electron chi connectivity index (χ1n) is 5.57. The molecular weight excluding hydrogens is 229 g/mol. The lowest BCUT2D eigenvalue weighted by molar-refractivity contribution is 0.589. The summed E-state index contributed by atoms with van der Waals surface area (Å²) in [5.74, 6) is 0.218. The zero-order chi connectivity index (χ0) is 12.4. The number of para-hydroxylation sites is 1. The summed E-state index contributed by atoms with van der Waals surface area (Å²) in [6, 6.07) is 16.2. The molecule has 0 saturated carbocycles. The van der Waals surface area contributed by atoms with E-state index in [1.165, 1.54) is 6.07 Å². The van der Waals surface area contributed by atoms with Crippen molar-refractivity contribution in [2.45, 2.75) is 0 Å². The number of benzene rings is 1. The number of aromatic nitrogens is 2. The Balaban J connectivity index is 1.96. The Kier molecular flexibility index (Phi) is 2.61. The van der Waals surface area contributed by atoms with E-state index in [2.05, 4.69) is 15.3 Å². The number of halogens is 1. The van der Waals surface area contributed by atoms with Gasteiger partial charge in [0.05, 0.1) is 11.0 Å². The van der Waals surface area contributed by atoms with Crippen LogP contribution in [0.1, 0.15) is 0 Å². The van der Waals surface area contributed by atoms with Crippen molar-refractivity contribution in [1.82, 2.24) is 9.97 Å². The van der Waals surface area contributed by atoms with Gasteiger partial charge in [-0.25, -0.2) is 9.97 Å². The van der Waals surface area contributed by atoms with E-state index in [9.17, 15) is 4.39 Å². The Morgan fingerprint density at radius 2 is 1.50 bits per heavy atom. The maximum Gasteiger partial charge on any atom is 0.213 e. The van der Waals surface area contributed by atoms with E-state index in [0.29, 0.717) is 16.9 Å². The molecule has 0 fully saturated rings. The standard InChI is InChI=1S/C14H10FN3/c15-13-8-6-12-11(17-13)7-9-14(18-12)16-10-4-2-1-3-5-10/h1-9H,(H,16,18). The monoisotopic (exact) mass is 239 g/mol. The van der Waals surface area contributed by atoms with Crippen LogP contribution in [-0.2, 0) is 0 Å². The molecule has 0 aliphatic rings. The minimum atomic E-state index is -0.493. The molecular formula is C14H10FN3. The highest BCUT2D eigenvalue weighted by Gasteiger charge is 2.01. The van der Waals surface area contributed by atoms with Crippen LogP contribution in [0, 0.1) is 5.95 Å². The number of hydrogen-bond acceptors (Lipinski definition) is 3. The molecule has 0 spiro atoms. The summed E-state index contributed by atoms with van der Waals surface area (Å²) in [7, 11) is 0. The van der Waals surface area contributed by atoms with Gasteiger partial charge in [-0.15, -0.1) is 0 Å². The molecule has 0 radical (unpaired) electrons.